The normalized spacial score (nSPS) is 10.9. The molecule has 0 saturated heterocycles. The molecule has 4 rings (SSSR count). The van der Waals surface area contributed by atoms with Crippen LogP contribution in [-0.4, -0.2) is 27.2 Å². The Hall–Kier alpha value is -3.67. The molecule has 0 saturated carbocycles. The monoisotopic (exact) mass is 391 g/mol. The summed E-state index contributed by atoms with van der Waals surface area (Å²) in [6.45, 7) is 0. The molecule has 0 aliphatic heterocycles. The first-order valence-corrected chi connectivity index (χ1v) is 9.13. The molecule has 0 radical (unpaired) electrons. The minimum Gasteiger partial charge on any atom is -0.493 e. The number of nitrogens with one attached hydrogen (secondary N) is 1. The molecular weight excluding hydrogens is 370 g/mol. The second-order valence-corrected chi connectivity index (χ2v) is 6.57. The number of ether oxygens (including phenoxy) is 3. The van der Waals surface area contributed by atoms with E-state index in [1.165, 1.54) is 0 Å². The molecule has 6 heteroatoms. The Morgan fingerprint density at radius 1 is 0.862 bits per heavy atom. The molecule has 1 aromatic heterocycles. The zero-order chi connectivity index (χ0) is 20.4. The fourth-order valence-electron chi connectivity index (χ4n) is 3.43. The Morgan fingerprint density at radius 2 is 1.55 bits per heavy atom. The molecule has 4 aromatic rings. The van der Waals surface area contributed by atoms with E-state index in [9.17, 15) is 4.79 Å². The zero-order valence-corrected chi connectivity index (χ0v) is 16.4. The summed E-state index contributed by atoms with van der Waals surface area (Å²) in [5.74, 6) is 1.38. The van der Waals surface area contributed by atoms with E-state index in [-0.39, 0.29) is 12.3 Å². The van der Waals surface area contributed by atoms with Crippen LogP contribution in [0, 0.1) is 0 Å². The number of rotatable bonds is 6. The van der Waals surface area contributed by atoms with E-state index in [0.29, 0.717) is 22.9 Å². The summed E-state index contributed by atoms with van der Waals surface area (Å²) in [6.07, 6.45) is 0.168. The quantitative estimate of drug-likeness (QED) is 0.512. The Labute approximate surface area is 168 Å². The molecule has 0 unspecified atom stereocenters. The van der Waals surface area contributed by atoms with Gasteiger partial charge in [-0.2, -0.15) is 0 Å². The number of furan rings is 1. The van der Waals surface area contributed by atoms with Gasteiger partial charge in [-0.3, -0.25) is 4.79 Å². The maximum Gasteiger partial charge on any atom is 0.228 e. The van der Waals surface area contributed by atoms with Gasteiger partial charge in [-0.15, -0.1) is 0 Å². The van der Waals surface area contributed by atoms with E-state index < -0.39 is 0 Å². The van der Waals surface area contributed by atoms with Crippen molar-refractivity contribution in [3.8, 4) is 17.2 Å². The van der Waals surface area contributed by atoms with E-state index in [1.807, 2.05) is 42.5 Å². The van der Waals surface area contributed by atoms with Crippen LogP contribution in [0.3, 0.4) is 0 Å². The van der Waals surface area contributed by atoms with Crippen molar-refractivity contribution in [1.29, 1.82) is 0 Å². The Bertz CT molecular complexity index is 1170. The Balaban J connectivity index is 1.57. The lowest BCUT2D eigenvalue weighted by molar-refractivity contribution is -0.115. The van der Waals surface area contributed by atoms with Crippen LogP contribution in [0.4, 0.5) is 5.69 Å². The Morgan fingerprint density at radius 3 is 2.24 bits per heavy atom. The highest BCUT2D eigenvalue weighted by molar-refractivity contribution is 6.07. The number of amides is 1. The van der Waals surface area contributed by atoms with Gasteiger partial charge >= 0.3 is 0 Å². The van der Waals surface area contributed by atoms with Crippen LogP contribution in [0.5, 0.6) is 17.2 Å². The topological polar surface area (TPSA) is 69.9 Å². The number of carbonyl (C=O) groups excluding carboxylic acids is 1. The van der Waals surface area contributed by atoms with Crippen molar-refractivity contribution in [1.82, 2.24) is 0 Å². The fourth-order valence-corrected chi connectivity index (χ4v) is 3.43. The number of hydrogen-bond acceptors (Lipinski definition) is 5. The summed E-state index contributed by atoms with van der Waals surface area (Å²) in [5, 5.41) is 4.93. The molecule has 29 heavy (non-hydrogen) atoms. The van der Waals surface area contributed by atoms with Gasteiger partial charge in [-0.05, 0) is 42.0 Å². The van der Waals surface area contributed by atoms with E-state index in [2.05, 4.69) is 5.32 Å². The third-order valence-electron chi connectivity index (χ3n) is 4.75. The minimum atomic E-state index is -0.147. The smallest absolute Gasteiger partial charge is 0.228 e. The average molecular weight is 391 g/mol. The zero-order valence-electron chi connectivity index (χ0n) is 16.4. The van der Waals surface area contributed by atoms with Crippen LogP contribution < -0.4 is 19.5 Å². The van der Waals surface area contributed by atoms with Crippen LogP contribution in [-0.2, 0) is 11.2 Å². The molecule has 6 nitrogen and oxygen atoms in total. The van der Waals surface area contributed by atoms with Crippen molar-refractivity contribution in [2.75, 3.05) is 26.6 Å². The molecule has 0 fully saturated rings. The van der Waals surface area contributed by atoms with Gasteiger partial charge in [-0.25, -0.2) is 0 Å². The number of benzene rings is 3. The van der Waals surface area contributed by atoms with Crippen molar-refractivity contribution in [3.63, 3.8) is 0 Å². The van der Waals surface area contributed by atoms with Crippen LogP contribution in [0.25, 0.3) is 21.9 Å². The molecule has 0 spiro atoms. The van der Waals surface area contributed by atoms with E-state index in [1.54, 1.807) is 33.5 Å². The molecule has 0 bridgehead atoms. The molecule has 0 atom stereocenters. The van der Waals surface area contributed by atoms with Gasteiger partial charge in [0.05, 0.1) is 27.8 Å². The highest BCUT2D eigenvalue weighted by Gasteiger charge is 2.15. The Kier molecular flexibility index (Phi) is 4.99. The molecule has 0 aliphatic rings. The minimum absolute atomic E-state index is 0.147. The second-order valence-electron chi connectivity index (χ2n) is 6.57. The first-order valence-electron chi connectivity index (χ1n) is 9.13. The molecule has 1 N–H and O–H groups in total. The van der Waals surface area contributed by atoms with E-state index in [0.717, 1.165) is 27.5 Å². The van der Waals surface area contributed by atoms with Gasteiger partial charge in [0.15, 0.2) is 11.5 Å². The summed E-state index contributed by atoms with van der Waals surface area (Å²) >= 11 is 0. The fraction of sp³-hybridized carbons (Fsp3) is 0.174. The third-order valence-corrected chi connectivity index (χ3v) is 4.75. The van der Waals surface area contributed by atoms with Crippen molar-refractivity contribution < 1.29 is 23.4 Å². The molecule has 0 aliphatic carbocycles. The number of para-hydroxylation sites is 1. The van der Waals surface area contributed by atoms with Gasteiger partial charge in [0.2, 0.25) is 11.7 Å². The first kappa shape index (κ1) is 18.7. The predicted molar refractivity (Wildman–Crippen MR) is 112 cm³/mol. The van der Waals surface area contributed by atoms with Crippen LogP contribution in [0.2, 0.25) is 0 Å². The van der Waals surface area contributed by atoms with Crippen molar-refractivity contribution in [2.45, 2.75) is 6.42 Å². The molecule has 3 aromatic carbocycles. The highest BCUT2D eigenvalue weighted by atomic mass is 16.5. The summed E-state index contributed by atoms with van der Waals surface area (Å²) in [6, 6.07) is 17.0. The largest absolute Gasteiger partial charge is 0.493 e. The number of hydrogen-bond donors (Lipinski definition) is 1. The lowest BCUT2D eigenvalue weighted by atomic mass is 10.1. The number of anilines is 1. The summed E-state index contributed by atoms with van der Waals surface area (Å²) in [4.78, 5) is 12.6. The van der Waals surface area contributed by atoms with Crippen molar-refractivity contribution in [3.05, 3.63) is 60.2 Å². The maximum atomic E-state index is 12.6. The summed E-state index contributed by atoms with van der Waals surface area (Å²) in [5.41, 5.74) is 3.07. The van der Waals surface area contributed by atoms with Crippen LogP contribution in [0.1, 0.15) is 5.56 Å². The number of methoxy groups -OCH3 is 3. The first-order chi connectivity index (χ1) is 14.1. The van der Waals surface area contributed by atoms with E-state index >= 15 is 0 Å². The number of fused-ring (bicyclic) bond motifs is 3. The molecular formula is C23H21NO5. The predicted octanol–water partition coefficient (Wildman–Crippen LogP) is 4.79. The van der Waals surface area contributed by atoms with Crippen molar-refractivity contribution in [2.24, 2.45) is 0 Å². The number of carbonyl (C=O) groups is 1. The molecule has 1 amide bonds. The van der Waals surface area contributed by atoms with Gasteiger partial charge in [-0.1, -0.05) is 18.2 Å². The second kappa shape index (κ2) is 7.75. The average Bonchev–Trinajstić information content (AvgIpc) is 3.11. The third kappa shape index (κ3) is 3.57. The maximum absolute atomic E-state index is 12.6. The lowest BCUT2D eigenvalue weighted by Gasteiger charge is -2.14. The standard InChI is InChI=1S/C23H21NO5/c1-26-20-10-14(11-21(27-2)23(20)28-3)12-22(25)24-15-8-9-19-17(13-15)16-6-4-5-7-18(16)29-19/h4-11,13H,12H2,1-3H3,(H,24,25). The van der Waals surface area contributed by atoms with Gasteiger partial charge in [0.1, 0.15) is 11.2 Å². The lowest BCUT2D eigenvalue weighted by Crippen LogP contribution is -2.14. The van der Waals surface area contributed by atoms with Gasteiger partial charge in [0.25, 0.3) is 0 Å². The summed E-state index contributed by atoms with van der Waals surface area (Å²) < 4.78 is 21.9. The van der Waals surface area contributed by atoms with Crippen LogP contribution in [0.15, 0.2) is 59.0 Å². The van der Waals surface area contributed by atoms with Crippen LogP contribution >= 0.6 is 0 Å². The molecule has 148 valence electrons. The van der Waals surface area contributed by atoms with Gasteiger partial charge in [0, 0.05) is 16.5 Å². The molecule has 1 heterocycles. The summed E-state index contributed by atoms with van der Waals surface area (Å²) in [7, 11) is 4.64. The van der Waals surface area contributed by atoms with Gasteiger partial charge < -0.3 is 23.9 Å². The SMILES string of the molecule is COc1cc(CC(=O)Nc2ccc3oc4ccccc4c3c2)cc(OC)c1OC. The van der Waals surface area contributed by atoms with Crippen molar-refractivity contribution >= 4 is 33.5 Å². The highest BCUT2D eigenvalue weighted by Crippen LogP contribution is 2.38. The van der Waals surface area contributed by atoms with E-state index in [4.69, 9.17) is 18.6 Å².